The third-order valence-electron chi connectivity index (χ3n) is 3.67. The first-order valence-corrected chi connectivity index (χ1v) is 7.07. The molecule has 0 amide bonds. The molecule has 0 radical (unpaired) electrons. The number of para-hydroxylation sites is 2. The first-order valence-electron chi connectivity index (χ1n) is 7.07. The van der Waals surface area contributed by atoms with Gasteiger partial charge in [-0.1, -0.05) is 37.3 Å². The van der Waals surface area contributed by atoms with Gasteiger partial charge in [-0.05, 0) is 18.2 Å². The van der Waals surface area contributed by atoms with Gasteiger partial charge in [0.2, 0.25) is 0 Å². The molecule has 0 aliphatic heterocycles. The predicted octanol–water partition coefficient (Wildman–Crippen LogP) is 3.47. The van der Waals surface area contributed by atoms with E-state index in [-0.39, 0.29) is 5.82 Å². The highest BCUT2D eigenvalue weighted by Crippen LogP contribution is 2.23. The zero-order chi connectivity index (χ0) is 14.8. The van der Waals surface area contributed by atoms with Gasteiger partial charge in [-0.2, -0.15) is 0 Å². The average molecular weight is 284 g/mol. The molecule has 3 nitrogen and oxygen atoms in total. The third-order valence-corrected chi connectivity index (χ3v) is 3.67. The number of aromatic nitrogens is 2. The van der Waals surface area contributed by atoms with Crippen molar-refractivity contribution < 1.29 is 9.50 Å². The van der Waals surface area contributed by atoms with Crippen LogP contribution in [0, 0.1) is 5.82 Å². The van der Waals surface area contributed by atoms with Gasteiger partial charge in [0.25, 0.3) is 0 Å². The Hall–Kier alpha value is -2.20. The molecule has 0 spiro atoms. The van der Waals surface area contributed by atoms with Crippen LogP contribution in [0.5, 0.6) is 0 Å². The van der Waals surface area contributed by atoms with Crippen LogP contribution in [0.3, 0.4) is 0 Å². The molecule has 1 N–H and O–H groups in total. The van der Waals surface area contributed by atoms with E-state index in [9.17, 15) is 9.50 Å². The van der Waals surface area contributed by atoms with E-state index in [0.717, 1.165) is 23.3 Å². The maximum absolute atomic E-state index is 13.8. The van der Waals surface area contributed by atoms with Crippen molar-refractivity contribution in [1.82, 2.24) is 9.55 Å². The van der Waals surface area contributed by atoms with Crippen LogP contribution >= 0.6 is 0 Å². The molecule has 1 aromatic heterocycles. The molecular formula is C17H17FN2O. The van der Waals surface area contributed by atoms with Crippen LogP contribution in [0.1, 0.15) is 24.4 Å². The maximum Gasteiger partial charge on any atom is 0.129 e. The Kier molecular flexibility index (Phi) is 3.71. The SMILES string of the molecule is CCc1nc2ccccc2n1CC(O)c1ccccc1F. The van der Waals surface area contributed by atoms with Crippen molar-refractivity contribution >= 4 is 11.0 Å². The summed E-state index contributed by atoms with van der Waals surface area (Å²) in [5.74, 6) is 0.513. The number of fused-ring (bicyclic) bond motifs is 1. The van der Waals surface area contributed by atoms with Crippen molar-refractivity contribution in [3.8, 4) is 0 Å². The highest BCUT2D eigenvalue weighted by atomic mass is 19.1. The summed E-state index contributed by atoms with van der Waals surface area (Å²) in [4.78, 5) is 4.56. The topological polar surface area (TPSA) is 38.0 Å². The van der Waals surface area contributed by atoms with Crippen molar-refractivity contribution in [2.75, 3.05) is 0 Å². The number of aryl methyl sites for hydroxylation is 1. The first kappa shape index (κ1) is 13.8. The van der Waals surface area contributed by atoms with Gasteiger partial charge < -0.3 is 9.67 Å². The summed E-state index contributed by atoms with van der Waals surface area (Å²) < 4.78 is 15.7. The Labute approximate surface area is 122 Å². The van der Waals surface area contributed by atoms with Gasteiger partial charge in [0, 0.05) is 12.0 Å². The molecule has 0 saturated heterocycles. The number of imidazole rings is 1. The second-order valence-electron chi connectivity index (χ2n) is 5.02. The monoisotopic (exact) mass is 284 g/mol. The summed E-state index contributed by atoms with van der Waals surface area (Å²) in [5, 5.41) is 10.4. The Morgan fingerprint density at radius 3 is 2.62 bits per heavy atom. The molecule has 0 aliphatic carbocycles. The van der Waals surface area contributed by atoms with Crippen LogP contribution in [0.15, 0.2) is 48.5 Å². The lowest BCUT2D eigenvalue weighted by atomic mass is 10.1. The second-order valence-corrected chi connectivity index (χ2v) is 5.02. The fourth-order valence-electron chi connectivity index (χ4n) is 2.62. The van der Waals surface area contributed by atoms with Gasteiger partial charge in [-0.15, -0.1) is 0 Å². The van der Waals surface area contributed by atoms with E-state index in [0.29, 0.717) is 12.1 Å². The Balaban J connectivity index is 1.99. The minimum Gasteiger partial charge on any atom is -0.386 e. The molecule has 4 heteroatoms. The molecule has 0 saturated carbocycles. The molecule has 2 aromatic carbocycles. The Bertz CT molecular complexity index is 766. The van der Waals surface area contributed by atoms with Crippen molar-refractivity contribution in [1.29, 1.82) is 0 Å². The fraction of sp³-hybridized carbons (Fsp3) is 0.235. The number of benzene rings is 2. The third kappa shape index (κ3) is 2.54. The van der Waals surface area contributed by atoms with Crippen molar-refractivity contribution in [2.45, 2.75) is 26.0 Å². The number of aliphatic hydroxyl groups is 1. The average Bonchev–Trinajstić information content (AvgIpc) is 2.86. The summed E-state index contributed by atoms with van der Waals surface area (Å²) in [7, 11) is 0. The number of nitrogens with zero attached hydrogens (tertiary/aromatic N) is 2. The fourth-order valence-corrected chi connectivity index (χ4v) is 2.62. The van der Waals surface area contributed by atoms with Gasteiger partial charge in [0.15, 0.2) is 0 Å². The molecule has 108 valence electrons. The molecule has 3 rings (SSSR count). The van der Waals surface area contributed by atoms with Crippen LogP contribution in [0.4, 0.5) is 4.39 Å². The first-order chi connectivity index (χ1) is 10.2. The number of hydrogen-bond donors (Lipinski definition) is 1. The summed E-state index contributed by atoms with van der Waals surface area (Å²) >= 11 is 0. The van der Waals surface area contributed by atoms with Gasteiger partial charge in [0.05, 0.1) is 23.7 Å². The largest absolute Gasteiger partial charge is 0.386 e. The lowest BCUT2D eigenvalue weighted by molar-refractivity contribution is 0.152. The summed E-state index contributed by atoms with van der Waals surface area (Å²) in [6, 6.07) is 14.1. The van der Waals surface area contributed by atoms with Crippen molar-refractivity contribution in [3.63, 3.8) is 0 Å². The number of hydrogen-bond acceptors (Lipinski definition) is 2. The van der Waals surface area contributed by atoms with Crippen LogP contribution < -0.4 is 0 Å². The second kappa shape index (κ2) is 5.66. The maximum atomic E-state index is 13.8. The standard InChI is InChI=1S/C17H17FN2O/c1-2-17-19-14-9-5-6-10-15(14)20(17)11-16(21)12-7-3-4-8-13(12)18/h3-10,16,21H,2,11H2,1H3. The Morgan fingerprint density at radius 1 is 1.14 bits per heavy atom. The van der Waals surface area contributed by atoms with E-state index in [2.05, 4.69) is 4.98 Å². The minimum absolute atomic E-state index is 0.296. The van der Waals surface area contributed by atoms with Gasteiger partial charge in [-0.3, -0.25) is 0 Å². The van der Waals surface area contributed by atoms with Crippen LogP contribution in [-0.2, 0) is 13.0 Å². The Morgan fingerprint density at radius 2 is 1.86 bits per heavy atom. The normalized spacial score (nSPS) is 12.7. The molecule has 1 heterocycles. The molecular weight excluding hydrogens is 267 g/mol. The number of halogens is 1. The molecule has 21 heavy (non-hydrogen) atoms. The minimum atomic E-state index is -0.894. The van der Waals surface area contributed by atoms with Crippen molar-refractivity contribution in [3.05, 3.63) is 65.7 Å². The zero-order valence-corrected chi connectivity index (χ0v) is 11.8. The van der Waals surface area contributed by atoms with Crippen LogP contribution in [0.25, 0.3) is 11.0 Å². The molecule has 0 aliphatic rings. The highest BCUT2D eigenvalue weighted by Gasteiger charge is 2.16. The molecule has 1 atom stereocenters. The van der Waals surface area contributed by atoms with E-state index < -0.39 is 6.10 Å². The molecule has 1 unspecified atom stereocenters. The van der Waals surface area contributed by atoms with Gasteiger partial charge >= 0.3 is 0 Å². The quantitative estimate of drug-likeness (QED) is 0.796. The summed E-state index contributed by atoms with van der Waals surface area (Å²) in [5.41, 5.74) is 2.18. The van der Waals surface area contributed by atoms with Gasteiger partial charge in [0.1, 0.15) is 11.6 Å². The van der Waals surface area contributed by atoms with Crippen LogP contribution in [0.2, 0.25) is 0 Å². The van der Waals surface area contributed by atoms with E-state index >= 15 is 0 Å². The number of rotatable bonds is 4. The smallest absolute Gasteiger partial charge is 0.129 e. The molecule has 0 fully saturated rings. The van der Waals surface area contributed by atoms with Crippen LogP contribution in [-0.4, -0.2) is 14.7 Å². The summed E-state index contributed by atoms with van der Waals surface area (Å²) in [6.45, 7) is 2.32. The number of aliphatic hydroxyl groups excluding tert-OH is 1. The van der Waals surface area contributed by atoms with E-state index in [1.54, 1.807) is 18.2 Å². The highest BCUT2D eigenvalue weighted by molar-refractivity contribution is 5.75. The summed E-state index contributed by atoms with van der Waals surface area (Å²) in [6.07, 6.45) is -0.132. The molecule has 0 bridgehead atoms. The predicted molar refractivity (Wildman–Crippen MR) is 80.5 cm³/mol. The van der Waals surface area contributed by atoms with E-state index in [1.807, 2.05) is 35.8 Å². The van der Waals surface area contributed by atoms with Gasteiger partial charge in [-0.25, -0.2) is 9.37 Å². The van der Waals surface area contributed by atoms with Crippen molar-refractivity contribution in [2.24, 2.45) is 0 Å². The van der Waals surface area contributed by atoms with E-state index in [1.165, 1.54) is 6.07 Å². The zero-order valence-electron chi connectivity index (χ0n) is 11.8. The lowest BCUT2D eigenvalue weighted by Gasteiger charge is -2.15. The van der Waals surface area contributed by atoms with E-state index in [4.69, 9.17) is 0 Å². The lowest BCUT2D eigenvalue weighted by Crippen LogP contribution is -2.12. The molecule has 3 aromatic rings.